The zero-order valence-electron chi connectivity index (χ0n) is 10.2. The van der Waals surface area contributed by atoms with Gasteiger partial charge in [0.25, 0.3) is 0 Å². The number of carbonyl (C=O) groups is 1. The van der Waals surface area contributed by atoms with Gasteiger partial charge in [-0.1, -0.05) is 6.07 Å². The van der Waals surface area contributed by atoms with Crippen LogP contribution in [-0.4, -0.2) is 6.29 Å². The van der Waals surface area contributed by atoms with Crippen LogP contribution in [0.25, 0.3) is 0 Å². The number of ether oxygens (including phenoxy) is 1. The summed E-state index contributed by atoms with van der Waals surface area (Å²) in [5, 5.41) is 0. The highest BCUT2D eigenvalue weighted by Crippen LogP contribution is 2.28. The standard InChI is InChI=1S/C15H13FO2/c1-10-3-5-13(16)8-15(10)18-14-6-4-12(9-17)7-11(14)2/h3-9H,1-2H3. The molecule has 0 aliphatic rings. The Balaban J connectivity index is 2.34. The number of aryl methyl sites for hydroxylation is 2. The highest BCUT2D eigenvalue weighted by Gasteiger charge is 2.06. The molecule has 0 atom stereocenters. The molecule has 0 saturated heterocycles. The van der Waals surface area contributed by atoms with Crippen LogP contribution in [0.3, 0.4) is 0 Å². The quantitative estimate of drug-likeness (QED) is 0.761. The van der Waals surface area contributed by atoms with E-state index in [1.54, 1.807) is 24.3 Å². The van der Waals surface area contributed by atoms with Crippen LogP contribution < -0.4 is 4.74 Å². The van der Waals surface area contributed by atoms with Crippen molar-refractivity contribution < 1.29 is 13.9 Å². The molecule has 0 radical (unpaired) electrons. The molecule has 2 aromatic carbocycles. The Labute approximate surface area is 105 Å². The third-order valence-electron chi connectivity index (χ3n) is 2.71. The zero-order chi connectivity index (χ0) is 13.1. The Morgan fingerprint density at radius 3 is 2.44 bits per heavy atom. The number of aldehydes is 1. The van der Waals surface area contributed by atoms with Gasteiger partial charge >= 0.3 is 0 Å². The molecular weight excluding hydrogens is 231 g/mol. The second-order valence-electron chi connectivity index (χ2n) is 4.15. The first-order chi connectivity index (χ1) is 8.60. The summed E-state index contributed by atoms with van der Waals surface area (Å²) in [5.74, 6) is 0.768. The third kappa shape index (κ3) is 2.56. The van der Waals surface area contributed by atoms with Crippen molar-refractivity contribution in [3.05, 3.63) is 58.9 Å². The summed E-state index contributed by atoms with van der Waals surface area (Å²) in [6, 6.07) is 9.52. The van der Waals surface area contributed by atoms with E-state index in [1.807, 2.05) is 13.8 Å². The van der Waals surface area contributed by atoms with Gasteiger partial charge in [0.1, 0.15) is 23.6 Å². The third-order valence-corrected chi connectivity index (χ3v) is 2.71. The second-order valence-corrected chi connectivity index (χ2v) is 4.15. The lowest BCUT2D eigenvalue weighted by molar-refractivity contribution is 0.112. The number of hydrogen-bond acceptors (Lipinski definition) is 2. The molecule has 0 fully saturated rings. The molecule has 92 valence electrons. The smallest absolute Gasteiger partial charge is 0.150 e. The zero-order valence-corrected chi connectivity index (χ0v) is 10.2. The first-order valence-electron chi connectivity index (χ1n) is 5.60. The Morgan fingerprint density at radius 2 is 1.78 bits per heavy atom. The minimum absolute atomic E-state index is 0.335. The molecule has 0 aliphatic carbocycles. The van der Waals surface area contributed by atoms with Crippen molar-refractivity contribution in [3.63, 3.8) is 0 Å². The van der Waals surface area contributed by atoms with Crippen molar-refractivity contribution in [2.75, 3.05) is 0 Å². The van der Waals surface area contributed by atoms with Crippen LogP contribution in [0, 0.1) is 19.7 Å². The summed E-state index contributed by atoms with van der Waals surface area (Å²) >= 11 is 0. The van der Waals surface area contributed by atoms with Crippen molar-refractivity contribution in [1.29, 1.82) is 0 Å². The average molecular weight is 244 g/mol. The number of benzene rings is 2. The van der Waals surface area contributed by atoms with Gasteiger partial charge < -0.3 is 4.74 Å². The average Bonchev–Trinajstić information content (AvgIpc) is 2.36. The van der Waals surface area contributed by atoms with E-state index in [2.05, 4.69) is 0 Å². The van der Waals surface area contributed by atoms with E-state index in [0.29, 0.717) is 17.1 Å². The number of hydrogen-bond donors (Lipinski definition) is 0. The van der Waals surface area contributed by atoms with Crippen molar-refractivity contribution in [2.45, 2.75) is 13.8 Å². The SMILES string of the molecule is Cc1cc(C=O)ccc1Oc1cc(F)ccc1C. The van der Waals surface area contributed by atoms with Crippen molar-refractivity contribution in [1.82, 2.24) is 0 Å². The summed E-state index contributed by atoms with van der Waals surface area (Å²) in [5.41, 5.74) is 2.29. The molecule has 0 heterocycles. The first-order valence-corrected chi connectivity index (χ1v) is 5.60. The maximum atomic E-state index is 13.1. The Bertz CT molecular complexity index is 591. The number of rotatable bonds is 3. The van der Waals surface area contributed by atoms with E-state index in [4.69, 9.17) is 4.74 Å². The minimum atomic E-state index is -0.335. The Kier molecular flexibility index (Phi) is 3.42. The summed E-state index contributed by atoms with van der Waals surface area (Å²) in [6.07, 6.45) is 0.782. The molecule has 0 aliphatic heterocycles. The van der Waals surface area contributed by atoms with Crippen molar-refractivity contribution in [2.24, 2.45) is 0 Å². The van der Waals surface area contributed by atoms with Crippen LogP contribution in [0.2, 0.25) is 0 Å². The summed E-state index contributed by atoms with van der Waals surface area (Å²) in [6.45, 7) is 3.70. The van der Waals surface area contributed by atoms with Crippen LogP contribution in [0.15, 0.2) is 36.4 Å². The maximum Gasteiger partial charge on any atom is 0.150 e. The van der Waals surface area contributed by atoms with Crippen LogP contribution in [0.5, 0.6) is 11.5 Å². The van der Waals surface area contributed by atoms with Gasteiger partial charge in [-0.2, -0.15) is 0 Å². The molecular formula is C15H13FO2. The molecule has 0 amide bonds. The van der Waals surface area contributed by atoms with Crippen molar-refractivity contribution in [3.8, 4) is 11.5 Å². The largest absolute Gasteiger partial charge is 0.457 e. The van der Waals surface area contributed by atoms with E-state index in [1.165, 1.54) is 12.1 Å². The highest BCUT2D eigenvalue weighted by molar-refractivity contribution is 5.75. The lowest BCUT2D eigenvalue weighted by Crippen LogP contribution is -1.92. The fraction of sp³-hybridized carbons (Fsp3) is 0.133. The molecule has 0 N–H and O–H groups in total. The van der Waals surface area contributed by atoms with Crippen molar-refractivity contribution >= 4 is 6.29 Å². The molecule has 18 heavy (non-hydrogen) atoms. The van der Waals surface area contributed by atoms with Gasteiger partial charge in [0.2, 0.25) is 0 Å². The van der Waals surface area contributed by atoms with Gasteiger partial charge in [-0.05, 0) is 49.2 Å². The lowest BCUT2D eigenvalue weighted by atomic mass is 10.1. The molecule has 0 unspecified atom stereocenters. The monoisotopic (exact) mass is 244 g/mol. The van der Waals surface area contributed by atoms with Gasteiger partial charge in [0, 0.05) is 11.6 Å². The van der Waals surface area contributed by atoms with Crippen LogP contribution >= 0.6 is 0 Å². The lowest BCUT2D eigenvalue weighted by Gasteiger charge is -2.11. The van der Waals surface area contributed by atoms with E-state index >= 15 is 0 Å². The van der Waals surface area contributed by atoms with E-state index in [9.17, 15) is 9.18 Å². The predicted molar refractivity (Wildman–Crippen MR) is 67.8 cm³/mol. The van der Waals surface area contributed by atoms with Gasteiger partial charge in [-0.3, -0.25) is 4.79 Å². The van der Waals surface area contributed by atoms with Crippen LogP contribution in [0.4, 0.5) is 4.39 Å². The summed E-state index contributed by atoms with van der Waals surface area (Å²) < 4.78 is 18.8. The predicted octanol–water partition coefficient (Wildman–Crippen LogP) is 4.05. The van der Waals surface area contributed by atoms with Crippen LogP contribution in [-0.2, 0) is 0 Å². The fourth-order valence-corrected chi connectivity index (χ4v) is 1.66. The molecule has 3 heteroatoms. The topological polar surface area (TPSA) is 26.3 Å². The van der Waals surface area contributed by atoms with E-state index < -0.39 is 0 Å². The molecule has 2 rings (SSSR count). The van der Waals surface area contributed by atoms with Gasteiger partial charge in [-0.15, -0.1) is 0 Å². The van der Waals surface area contributed by atoms with Gasteiger partial charge in [0.05, 0.1) is 0 Å². The minimum Gasteiger partial charge on any atom is -0.457 e. The maximum absolute atomic E-state index is 13.1. The van der Waals surface area contributed by atoms with Gasteiger partial charge in [0.15, 0.2) is 0 Å². The Morgan fingerprint density at radius 1 is 1.00 bits per heavy atom. The molecule has 0 bridgehead atoms. The molecule has 0 spiro atoms. The number of halogens is 1. The second kappa shape index (κ2) is 5.00. The normalized spacial score (nSPS) is 10.2. The van der Waals surface area contributed by atoms with Crippen LogP contribution in [0.1, 0.15) is 21.5 Å². The van der Waals surface area contributed by atoms with Gasteiger partial charge in [-0.25, -0.2) is 4.39 Å². The highest BCUT2D eigenvalue weighted by atomic mass is 19.1. The molecule has 2 nitrogen and oxygen atoms in total. The van der Waals surface area contributed by atoms with E-state index in [0.717, 1.165) is 17.4 Å². The molecule has 0 saturated carbocycles. The summed E-state index contributed by atoms with van der Waals surface area (Å²) in [4.78, 5) is 10.6. The summed E-state index contributed by atoms with van der Waals surface area (Å²) in [7, 11) is 0. The fourth-order valence-electron chi connectivity index (χ4n) is 1.66. The molecule has 0 aromatic heterocycles. The Hall–Kier alpha value is -2.16. The van der Waals surface area contributed by atoms with E-state index in [-0.39, 0.29) is 5.82 Å². The first kappa shape index (κ1) is 12.3. The molecule has 2 aromatic rings. The number of carbonyl (C=O) groups excluding carboxylic acids is 1.